The number of unbranched alkanes of at least 4 members (excludes halogenated alkanes) is 5. The van der Waals surface area contributed by atoms with Crippen LogP contribution < -0.4 is 11.5 Å². The fourth-order valence-corrected chi connectivity index (χ4v) is 5.26. The molecule has 10 nitrogen and oxygen atoms in total. The van der Waals surface area contributed by atoms with E-state index in [0.717, 1.165) is 48.2 Å². The van der Waals surface area contributed by atoms with Crippen LogP contribution in [-0.2, 0) is 12.8 Å². The summed E-state index contributed by atoms with van der Waals surface area (Å²) < 4.78 is 3.25. The molecule has 4 heterocycles. The van der Waals surface area contributed by atoms with E-state index in [1.54, 1.807) is 9.03 Å². The van der Waals surface area contributed by atoms with Crippen LogP contribution >= 0.6 is 0 Å². The van der Waals surface area contributed by atoms with E-state index in [9.17, 15) is 0 Å². The molecule has 0 aliphatic rings. The molecule has 1 atom stereocenters. The van der Waals surface area contributed by atoms with Crippen LogP contribution in [0.15, 0.2) is 12.7 Å². The fraction of sp³-hybridized carbons (Fsp3) is 0.655. The summed E-state index contributed by atoms with van der Waals surface area (Å²) in [6, 6.07) is 0. The normalized spacial score (nSPS) is 12.6. The van der Waals surface area contributed by atoms with Gasteiger partial charge in [0.15, 0.2) is 0 Å². The maximum Gasteiger partial charge on any atom is 0.254 e. The summed E-state index contributed by atoms with van der Waals surface area (Å²) in [4.78, 5) is 17.1. The minimum atomic E-state index is 0.369. The average Bonchev–Trinajstić information content (AvgIpc) is 3.52. The van der Waals surface area contributed by atoms with Gasteiger partial charge >= 0.3 is 0 Å². The van der Waals surface area contributed by atoms with Gasteiger partial charge in [0.25, 0.3) is 11.6 Å². The van der Waals surface area contributed by atoms with E-state index in [1.807, 2.05) is 13.8 Å². The van der Waals surface area contributed by atoms with Gasteiger partial charge in [-0.25, -0.2) is 9.97 Å². The minimum Gasteiger partial charge on any atom is -0.383 e. The highest BCUT2D eigenvalue weighted by Gasteiger charge is 2.17. The molecule has 4 aromatic heterocycles. The molecule has 0 amide bonds. The lowest BCUT2D eigenvalue weighted by atomic mass is 9.83. The quantitative estimate of drug-likeness (QED) is 0.225. The number of nitrogen functional groups attached to an aromatic ring is 2. The molecule has 0 saturated carbocycles. The monoisotopic (exact) mass is 536 g/mol. The van der Waals surface area contributed by atoms with E-state index >= 15 is 0 Å². The van der Waals surface area contributed by atoms with E-state index in [1.165, 1.54) is 51.2 Å². The van der Waals surface area contributed by atoms with Crippen LogP contribution in [-0.4, -0.2) is 39.2 Å². The molecular formula is C29H48N10. The third kappa shape index (κ3) is 8.34. The fourth-order valence-electron chi connectivity index (χ4n) is 5.26. The molecule has 0 aliphatic heterocycles. The van der Waals surface area contributed by atoms with Crippen molar-refractivity contribution in [2.24, 2.45) is 11.3 Å². The molecule has 0 spiro atoms. The van der Waals surface area contributed by atoms with Crippen LogP contribution in [0.25, 0.3) is 11.6 Å². The average molecular weight is 537 g/mol. The largest absolute Gasteiger partial charge is 0.383 e. The smallest absolute Gasteiger partial charge is 0.254 e. The molecule has 1 unspecified atom stereocenters. The number of aromatic nitrogens is 8. The van der Waals surface area contributed by atoms with Gasteiger partial charge in [-0.2, -0.15) is 29.2 Å². The summed E-state index contributed by atoms with van der Waals surface area (Å²) in [5.41, 5.74) is 16.9. The van der Waals surface area contributed by atoms with Gasteiger partial charge < -0.3 is 11.5 Å². The Labute approximate surface area is 233 Å². The summed E-state index contributed by atoms with van der Waals surface area (Å²) in [5.74, 6) is 3.19. The Morgan fingerprint density at radius 1 is 0.769 bits per heavy atom. The van der Waals surface area contributed by atoms with Gasteiger partial charge in [-0.3, -0.25) is 0 Å². The lowest BCUT2D eigenvalue weighted by Crippen LogP contribution is -2.13. The number of hydrogen-bond acceptors (Lipinski definition) is 8. The maximum atomic E-state index is 6.20. The molecular weight excluding hydrogens is 488 g/mol. The van der Waals surface area contributed by atoms with E-state index in [0.29, 0.717) is 34.5 Å². The van der Waals surface area contributed by atoms with Crippen molar-refractivity contribution in [2.75, 3.05) is 11.5 Å². The molecule has 214 valence electrons. The first-order chi connectivity index (χ1) is 18.5. The Hall–Kier alpha value is -3.30. The van der Waals surface area contributed by atoms with Crippen LogP contribution in [0.4, 0.5) is 11.6 Å². The van der Waals surface area contributed by atoms with Gasteiger partial charge in [-0.05, 0) is 57.3 Å². The number of rotatable bonds is 11. The number of nitrogens with zero attached hydrogens (tertiary/aromatic N) is 8. The lowest BCUT2D eigenvalue weighted by Gasteiger charge is -2.23. The van der Waals surface area contributed by atoms with Gasteiger partial charge in [0, 0.05) is 22.5 Å². The van der Waals surface area contributed by atoms with E-state index < -0.39 is 0 Å². The van der Waals surface area contributed by atoms with Crippen LogP contribution in [0, 0.1) is 25.2 Å². The molecule has 0 aliphatic carbocycles. The van der Waals surface area contributed by atoms with Crippen molar-refractivity contribution in [2.45, 2.75) is 113 Å². The lowest BCUT2D eigenvalue weighted by molar-refractivity contribution is 0.297. The molecule has 4 rings (SSSR count). The third-order valence-corrected chi connectivity index (χ3v) is 7.17. The number of nitrogens with two attached hydrogens (primary N) is 2. The van der Waals surface area contributed by atoms with Gasteiger partial charge in [0.2, 0.25) is 0 Å². The van der Waals surface area contributed by atoms with Crippen molar-refractivity contribution < 1.29 is 0 Å². The van der Waals surface area contributed by atoms with E-state index in [-0.39, 0.29) is 0 Å². The number of aryl methyl sites for hydroxylation is 2. The van der Waals surface area contributed by atoms with Crippen molar-refractivity contribution >= 4 is 23.2 Å². The molecule has 10 heteroatoms. The Balaban J connectivity index is 0.000000216. The Kier molecular flexibility index (Phi) is 10.6. The molecule has 0 radical (unpaired) electrons. The number of fused-ring (bicyclic) bond motifs is 2. The topological polar surface area (TPSA) is 138 Å². The first kappa shape index (κ1) is 30.2. The highest BCUT2D eigenvalue weighted by atomic mass is 15.3. The SMILES string of the molecule is CCCCCCCCc1c(C)nc2ncnn2c1N.Cc1nc2ncnn2c(N)c1CCC(C)CC(C)(C)C. The number of hydrogen-bond donors (Lipinski definition) is 2. The van der Waals surface area contributed by atoms with Crippen molar-refractivity contribution in [1.82, 2.24) is 39.2 Å². The van der Waals surface area contributed by atoms with Gasteiger partial charge in [0.1, 0.15) is 24.3 Å². The van der Waals surface area contributed by atoms with Crippen molar-refractivity contribution in [3.05, 3.63) is 35.2 Å². The van der Waals surface area contributed by atoms with Gasteiger partial charge in [0.05, 0.1) is 0 Å². The second-order valence-corrected chi connectivity index (χ2v) is 12.0. The summed E-state index contributed by atoms with van der Waals surface area (Å²) in [7, 11) is 0. The highest BCUT2D eigenvalue weighted by Crippen LogP contribution is 2.28. The summed E-state index contributed by atoms with van der Waals surface area (Å²) in [6.45, 7) is 15.4. The van der Waals surface area contributed by atoms with Crippen LogP contribution in [0.1, 0.15) is 109 Å². The van der Waals surface area contributed by atoms with E-state index in [2.05, 4.69) is 64.8 Å². The predicted octanol–water partition coefficient (Wildman–Crippen LogP) is 5.94. The van der Waals surface area contributed by atoms with Gasteiger partial charge in [-0.15, -0.1) is 0 Å². The van der Waals surface area contributed by atoms with Crippen molar-refractivity contribution in [3.63, 3.8) is 0 Å². The zero-order valence-corrected chi connectivity index (χ0v) is 25.0. The van der Waals surface area contributed by atoms with Crippen LogP contribution in [0.2, 0.25) is 0 Å². The molecule has 4 N–H and O–H groups in total. The minimum absolute atomic E-state index is 0.369. The molecule has 39 heavy (non-hydrogen) atoms. The Bertz CT molecular complexity index is 1330. The summed E-state index contributed by atoms with van der Waals surface area (Å²) in [5, 5.41) is 8.23. The Morgan fingerprint density at radius 2 is 1.26 bits per heavy atom. The predicted molar refractivity (Wildman–Crippen MR) is 158 cm³/mol. The van der Waals surface area contributed by atoms with E-state index in [4.69, 9.17) is 11.5 Å². The standard InChI is InChI=1S/C15H25N5.C14H23N5/c1-10(8-15(3,4)5)6-7-12-11(2)19-14-17-9-18-20(14)13(12)16;1-3-4-5-6-7-8-9-12-11(2)18-14-16-10-17-19(14)13(12)15/h9-10H,6-8,16H2,1-5H3;10H,3-9,15H2,1-2H3. The first-order valence-corrected chi connectivity index (χ1v) is 14.4. The number of anilines is 2. The molecule has 0 aromatic carbocycles. The zero-order chi connectivity index (χ0) is 28.6. The highest BCUT2D eigenvalue weighted by molar-refractivity contribution is 5.50. The Morgan fingerprint density at radius 3 is 1.77 bits per heavy atom. The second kappa shape index (κ2) is 13.7. The third-order valence-electron chi connectivity index (χ3n) is 7.17. The molecule has 0 bridgehead atoms. The van der Waals surface area contributed by atoms with Crippen LogP contribution in [0.3, 0.4) is 0 Å². The van der Waals surface area contributed by atoms with Crippen molar-refractivity contribution in [1.29, 1.82) is 0 Å². The first-order valence-electron chi connectivity index (χ1n) is 14.4. The summed E-state index contributed by atoms with van der Waals surface area (Å²) in [6.07, 6.45) is 14.9. The van der Waals surface area contributed by atoms with Gasteiger partial charge in [-0.1, -0.05) is 66.7 Å². The van der Waals surface area contributed by atoms with Crippen LogP contribution in [0.5, 0.6) is 0 Å². The summed E-state index contributed by atoms with van der Waals surface area (Å²) >= 11 is 0. The molecule has 0 fully saturated rings. The maximum absolute atomic E-state index is 6.20. The molecule has 4 aromatic rings. The zero-order valence-electron chi connectivity index (χ0n) is 25.0. The second-order valence-electron chi connectivity index (χ2n) is 12.0. The van der Waals surface area contributed by atoms with Crippen molar-refractivity contribution in [3.8, 4) is 0 Å². The molecule has 0 saturated heterocycles.